The molecule has 106 valence electrons. The van der Waals surface area contributed by atoms with Gasteiger partial charge < -0.3 is 14.7 Å². The van der Waals surface area contributed by atoms with Gasteiger partial charge in [-0.3, -0.25) is 14.9 Å². The van der Waals surface area contributed by atoms with Crippen molar-refractivity contribution in [2.24, 2.45) is 0 Å². The molecule has 1 aromatic heterocycles. The molecule has 2 fully saturated rings. The van der Waals surface area contributed by atoms with Crippen molar-refractivity contribution in [3.8, 4) is 0 Å². The topological polar surface area (TPSA) is 105 Å². The summed E-state index contributed by atoms with van der Waals surface area (Å²) in [7, 11) is 0. The van der Waals surface area contributed by atoms with Crippen molar-refractivity contribution in [1.82, 2.24) is 20.7 Å². The quantitative estimate of drug-likeness (QED) is 0.692. The van der Waals surface area contributed by atoms with Gasteiger partial charge in [0.25, 0.3) is 11.8 Å². The molecule has 3 heterocycles. The van der Waals surface area contributed by atoms with Gasteiger partial charge in [0.05, 0.1) is 6.20 Å². The number of urea groups is 1. The largest absolute Gasteiger partial charge is 0.361 e. The maximum Gasteiger partial charge on any atom is 0.322 e. The summed E-state index contributed by atoms with van der Waals surface area (Å²) in [4.78, 5) is 36.9. The molecule has 0 radical (unpaired) electrons. The number of aryl methyl sites for hydroxylation is 1. The highest BCUT2D eigenvalue weighted by Crippen LogP contribution is 2.26. The number of likely N-dealkylation sites (tertiary alicyclic amines) is 1. The molecule has 1 spiro atoms. The summed E-state index contributed by atoms with van der Waals surface area (Å²) in [6, 6.07) is -0.468. The third kappa shape index (κ3) is 1.84. The zero-order valence-corrected chi connectivity index (χ0v) is 10.9. The molecule has 3 rings (SSSR count). The van der Waals surface area contributed by atoms with Gasteiger partial charge in [0, 0.05) is 13.1 Å². The van der Waals surface area contributed by atoms with Crippen LogP contribution in [0.5, 0.6) is 0 Å². The van der Waals surface area contributed by atoms with Crippen molar-refractivity contribution in [2.45, 2.75) is 25.3 Å². The van der Waals surface area contributed by atoms with Crippen molar-refractivity contribution in [3.05, 3.63) is 17.5 Å². The molecule has 2 saturated heterocycles. The predicted molar refractivity (Wildman–Crippen MR) is 65.8 cm³/mol. The molecule has 0 unspecified atom stereocenters. The number of amides is 4. The molecule has 20 heavy (non-hydrogen) atoms. The molecular formula is C12H14N4O4. The van der Waals surface area contributed by atoms with E-state index in [2.05, 4.69) is 15.8 Å². The first-order valence-corrected chi connectivity index (χ1v) is 6.36. The second kappa shape index (κ2) is 4.32. The van der Waals surface area contributed by atoms with Crippen LogP contribution in [0, 0.1) is 6.92 Å². The van der Waals surface area contributed by atoms with Crippen LogP contribution < -0.4 is 10.6 Å². The molecule has 2 aliphatic heterocycles. The van der Waals surface area contributed by atoms with Crippen LogP contribution >= 0.6 is 0 Å². The fourth-order valence-corrected chi connectivity index (χ4v) is 2.65. The summed E-state index contributed by atoms with van der Waals surface area (Å²) in [5.41, 5.74) is -0.432. The Balaban J connectivity index is 1.70. The van der Waals surface area contributed by atoms with Crippen LogP contribution in [-0.4, -0.2) is 46.5 Å². The summed E-state index contributed by atoms with van der Waals surface area (Å²) in [6.07, 6.45) is 2.20. The number of carbonyl (C=O) groups excluding carboxylic acids is 3. The predicted octanol–water partition coefficient (Wildman–Crippen LogP) is -0.203. The first-order valence-electron chi connectivity index (χ1n) is 6.36. The molecule has 8 heteroatoms. The van der Waals surface area contributed by atoms with Gasteiger partial charge in [-0.25, -0.2) is 4.79 Å². The van der Waals surface area contributed by atoms with Crippen molar-refractivity contribution in [1.29, 1.82) is 0 Å². The Bertz CT molecular complexity index is 586. The minimum Gasteiger partial charge on any atom is -0.361 e. The maximum atomic E-state index is 12.3. The Morgan fingerprint density at radius 2 is 2.10 bits per heavy atom. The zero-order valence-electron chi connectivity index (χ0n) is 10.9. The Kier molecular flexibility index (Phi) is 2.73. The highest BCUT2D eigenvalue weighted by Gasteiger charge is 2.48. The molecule has 4 amide bonds. The Labute approximate surface area is 114 Å². The van der Waals surface area contributed by atoms with E-state index in [1.165, 1.54) is 6.20 Å². The van der Waals surface area contributed by atoms with E-state index in [0.29, 0.717) is 37.3 Å². The molecule has 0 saturated carbocycles. The minimum atomic E-state index is -0.864. The zero-order chi connectivity index (χ0) is 14.3. The number of nitrogens with one attached hydrogen (secondary N) is 2. The van der Waals surface area contributed by atoms with E-state index in [4.69, 9.17) is 4.52 Å². The van der Waals surface area contributed by atoms with Crippen LogP contribution in [0.1, 0.15) is 29.0 Å². The smallest absolute Gasteiger partial charge is 0.322 e. The molecule has 1 aromatic rings. The van der Waals surface area contributed by atoms with Gasteiger partial charge in [-0.05, 0) is 19.8 Å². The SMILES string of the molecule is Cc1oncc1C(=O)N1CCC2(CC1)NC(=O)NC2=O. The summed E-state index contributed by atoms with van der Waals surface area (Å²) in [6.45, 7) is 2.48. The monoisotopic (exact) mass is 278 g/mol. The van der Waals surface area contributed by atoms with E-state index in [-0.39, 0.29) is 11.8 Å². The van der Waals surface area contributed by atoms with Gasteiger partial charge in [-0.1, -0.05) is 5.16 Å². The lowest BCUT2D eigenvalue weighted by Crippen LogP contribution is -2.55. The molecular weight excluding hydrogens is 264 g/mol. The first kappa shape index (κ1) is 12.6. The van der Waals surface area contributed by atoms with E-state index in [0.717, 1.165) is 0 Å². The number of carbonyl (C=O) groups is 3. The lowest BCUT2D eigenvalue weighted by atomic mass is 9.87. The highest BCUT2D eigenvalue weighted by molar-refractivity contribution is 6.07. The third-order valence-electron chi connectivity index (χ3n) is 3.90. The average molecular weight is 278 g/mol. The Hall–Kier alpha value is -2.38. The minimum absolute atomic E-state index is 0.164. The first-order chi connectivity index (χ1) is 9.52. The van der Waals surface area contributed by atoms with Gasteiger partial charge in [0.15, 0.2) is 0 Å². The van der Waals surface area contributed by atoms with E-state index >= 15 is 0 Å². The van der Waals surface area contributed by atoms with Crippen LogP contribution in [0.25, 0.3) is 0 Å². The molecule has 8 nitrogen and oxygen atoms in total. The van der Waals surface area contributed by atoms with Crippen molar-refractivity contribution in [3.63, 3.8) is 0 Å². The summed E-state index contributed by atoms with van der Waals surface area (Å²) >= 11 is 0. The number of piperidine rings is 1. The van der Waals surface area contributed by atoms with Crippen molar-refractivity contribution >= 4 is 17.8 Å². The number of aromatic nitrogens is 1. The number of hydrogen-bond donors (Lipinski definition) is 2. The Morgan fingerprint density at radius 3 is 2.60 bits per heavy atom. The van der Waals surface area contributed by atoms with Crippen LogP contribution in [0.2, 0.25) is 0 Å². The van der Waals surface area contributed by atoms with Gasteiger partial charge in [-0.2, -0.15) is 0 Å². The number of nitrogens with zero attached hydrogens (tertiary/aromatic N) is 2. The van der Waals surface area contributed by atoms with Crippen molar-refractivity contribution in [2.75, 3.05) is 13.1 Å². The normalized spacial score (nSPS) is 20.9. The van der Waals surface area contributed by atoms with Crippen LogP contribution in [0.15, 0.2) is 10.7 Å². The second-order valence-corrected chi connectivity index (χ2v) is 5.08. The number of imide groups is 1. The lowest BCUT2D eigenvalue weighted by molar-refractivity contribution is -0.125. The van der Waals surface area contributed by atoms with Gasteiger partial charge >= 0.3 is 6.03 Å². The Morgan fingerprint density at radius 1 is 1.40 bits per heavy atom. The van der Waals surface area contributed by atoms with Gasteiger partial charge in [0.2, 0.25) is 0 Å². The molecule has 0 atom stereocenters. The number of rotatable bonds is 1. The van der Waals surface area contributed by atoms with Crippen LogP contribution in [0.4, 0.5) is 4.79 Å². The molecule has 0 bridgehead atoms. The summed E-state index contributed by atoms with van der Waals surface area (Å²) in [5.74, 6) is 0.00119. The lowest BCUT2D eigenvalue weighted by Gasteiger charge is -2.36. The van der Waals surface area contributed by atoms with Gasteiger partial charge in [0.1, 0.15) is 16.9 Å². The number of hydrogen-bond acceptors (Lipinski definition) is 5. The van der Waals surface area contributed by atoms with Crippen LogP contribution in [-0.2, 0) is 4.79 Å². The van der Waals surface area contributed by atoms with Crippen molar-refractivity contribution < 1.29 is 18.9 Å². The standard InChI is InChI=1S/C12H14N4O4/c1-7-8(6-13-20-7)9(17)16-4-2-12(3-5-16)10(18)14-11(19)15-12/h6H,2-5H2,1H3,(H2,14,15,18,19). The second-order valence-electron chi connectivity index (χ2n) is 5.08. The maximum absolute atomic E-state index is 12.3. The summed E-state index contributed by atoms with van der Waals surface area (Å²) < 4.78 is 4.88. The molecule has 0 aliphatic carbocycles. The summed E-state index contributed by atoms with van der Waals surface area (Å²) in [5, 5.41) is 8.48. The molecule has 2 N–H and O–H groups in total. The fraction of sp³-hybridized carbons (Fsp3) is 0.500. The molecule has 2 aliphatic rings. The molecule has 0 aromatic carbocycles. The third-order valence-corrected chi connectivity index (χ3v) is 3.90. The van der Waals surface area contributed by atoms with E-state index in [1.807, 2.05) is 0 Å². The van der Waals surface area contributed by atoms with Gasteiger partial charge in [-0.15, -0.1) is 0 Å². The average Bonchev–Trinajstić information content (AvgIpc) is 2.95. The van der Waals surface area contributed by atoms with E-state index in [1.54, 1.807) is 11.8 Å². The van der Waals surface area contributed by atoms with E-state index < -0.39 is 11.6 Å². The van der Waals surface area contributed by atoms with Crippen LogP contribution in [0.3, 0.4) is 0 Å². The fourth-order valence-electron chi connectivity index (χ4n) is 2.65. The highest BCUT2D eigenvalue weighted by atomic mass is 16.5. The van der Waals surface area contributed by atoms with E-state index in [9.17, 15) is 14.4 Å².